The topological polar surface area (TPSA) is 134 Å². The second kappa shape index (κ2) is 10.5. The van der Waals surface area contributed by atoms with Crippen LogP contribution in [0.2, 0.25) is 0 Å². The van der Waals surface area contributed by atoms with Crippen LogP contribution in [0.15, 0.2) is 77.0 Å². The van der Waals surface area contributed by atoms with E-state index in [4.69, 9.17) is 14.9 Å². The van der Waals surface area contributed by atoms with Crippen LogP contribution in [0.25, 0.3) is 17.4 Å². The van der Waals surface area contributed by atoms with E-state index >= 15 is 0 Å². The number of nitrogens with one attached hydrogen (secondary N) is 2. The van der Waals surface area contributed by atoms with E-state index in [-0.39, 0.29) is 6.42 Å². The molecule has 2 aromatic carbocycles. The highest BCUT2D eigenvalue weighted by atomic mass is 16.3. The minimum absolute atomic E-state index is 0.0432. The number of nitriles is 3. The van der Waals surface area contributed by atoms with E-state index in [9.17, 15) is 5.26 Å². The second-order valence-corrected chi connectivity index (χ2v) is 7.56. The predicted molar refractivity (Wildman–Crippen MR) is 132 cm³/mol. The van der Waals surface area contributed by atoms with Crippen molar-refractivity contribution in [2.75, 3.05) is 10.6 Å². The zero-order valence-electron chi connectivity index (χ0n) is 18.8. The zero-order valence-corrected chi connectivity index (χ0v) is 18.8. The lowest BCUT2D eigenvalue weighted by atomic mass is 9.99. The van der Waals surface area contributed by atoms with Crippen LogP contribution in [0, 0.1) is 40.9 Å². The fraction of sp³-hybridized carbons (Fsp3) is 0.0741. The maximum absolute atomic E-state index is 9.31. The van der Waals surface area contributed by atoms with Crippen LogP contribution in [-0.2, 0) is 0 Å². The number of aromatic nitrogens is 2. The smallest absolute Gasteiger partial charge is 0.229 e. The third kappa shape index (κ3) is 5.51. The molecule has 2 heterocycles. The average molecular weight is 457 g/mol. The van der Waals surface area contributed by atoms with Crippen molar-refractivity contribution in [2.24, 2.45) is 0 Å². The molecule has 0 bridgehead atoms. The number of rotatable bonds is 7. The fourth-order valence-corrected chi connectivity index (χ4v) is 3.47. The summed E-state index contributed by atoms with van der Waals surface area (Å²) in [6.45, 7) is 1.94. The van der Waals surface area contributed by atoms with Crippen molar-refractivity contribution in [2.45, 2.75) is 13.3 Å². The van der Waals surface area contributed by atoms with Gasteiger partial charge in [-0.2, -0.15) is 20.8 Å². The lowest BCUT2D eigenvalue weighted by Gasteiger charge is -2.15. The van der Waals surface area contributed by atoms with Gasteiger partial charge in [0, 0.05) is 23.0 Å². The maximum atomic E-state index is 9.31. The Balaban J connectivity index is 1.67. The minimum atomic E-state index is 0.0432. The number of nitrogens with zero attached hydrogens (tertiary/aromatic N) is 5. The minimum Gasteiger partial charge on any atom is -0.464 e. The van der Waals surface area contributed by atoms with Crippen LogP contribution in [0.1, 0.15) is 23.1 Å². The number of hydrogen-bond donors (Lipinski definition) is 2. The fourth-order valence-electron chi connectivity index (χ4n) is 3.47. The van der Waals surface area contributed by atoms with Crippen LogP contribution >= 0.6 is 0 Å². The van der Waals surface area contributed by atoms with E-state index < -0.39 is 0 Å². The van der Waals surface area contributed by atoms with E-state index in [1.807, 2.05) is 31.2 Å². The molecule has 8 heteroatoms. The van der Waals surface area contributed by atoms with Crippen molar-refractivity contribution in [3.05, 3.63) is 89.3 Å². The first-order valence-corrected chi connectivity index (χ1v) is 10.6. The summed E-state index contributed by atoms with van der Waals surface area (Å²) in [5, 5.41) is 33.7. The van der Waals surface area contributed by atoms with Gasteiger partial charge >= 0.3 is 0 Å². The first-order chi connectivity index (χ1) is 17.1. The van der Waals surface area contributed by atoms with Crippen molar-refractivity contribution in [1.29, 1.82) is 15.8 Å². The van der Waals surface area contributed by atoms with E-state index in [2.05, 4.69) is 32.7 Å². The third-order valence-corrected chi connectivity index (χ3v) is 5.08. The van der Waals surface area contributed by atoms with Crippen LogP contribution in [-0.4, -0.2) is 9.97 Å². The molecular weight excluding hydrogens is 438 g/mol. The molecular formula is C27H19N7O. The van der Waals surface area contributed by atoms with Gasteiger partial charge in [-0.25, -0.2) is 4.98 Å². The highest BCUT2D eigenvalue weighted by Gasteiger charge is 2.14. The molecule has 2 aromatic heterocycles. The van der Waals surface area contributed by atoms with Crippen LogP contribution < -0.4 is 10.6 Å². The molecule has 0 radical (unpaired) electrons. The van der Waals surface area contributed by atoms with Gasteiger partial charge in [0.1, 0.15) is 11.6 Å². The normalized spacial score (nSPS) is 10.6. The summed E-state index contributed by atoms with van der Waals surface area (Å²) in [5.41, 5.74) is 4.98. The third-order valence-electron chi connectivity index (χ3n) is 5.08. The summed E-state index contributed by atoms with van der Waals surface area (Å²) in [6, 6.07) is 22.4. The lowest BCUT2D eigenvalue weighted by molar-refractivity contribution is 0.582. The molecule has 0 spiro atoms. The van der Waals surface area contributed by atoms with Crippen molar-refractivity contribution < 1.29 is 4.42 Å². The summed E-state index contributed by atoms with van der Waals surface area (Å²) in [6.07, 6.45) is 4.98. The molecule has 0 aliphatic carbocycles. The Morgan fingerprint density at radius 2 is 1.89 bits per heavy atom. The first-order valence-electron chi connectivity index (χ1n) is 10.6. The molecule has 0 saturated carbocycles. The van der Waals surface area contributed by atoms with E-state index in [0.717, 1.165) is 28.1 Å². The van der Waals surface area contributed by atoms with Gasteiger partial charge in [0.05, 0.1) is 42.1 Å². The zero-order chi connectivity index (χ0) is 24.6. The number of furan rings is 1. The van der Waals surface area contributed by atoms with Gasteiger partial charge in [-0.3, -0.25) is 0 Å². The summed E-state index contributed by atoms with van der Waals surface area (Å²) < 4.78 is 5.66. The molecule has 4 rings (SSSR count). The SMILES string of the molecule is Cc1cc(/C=C(\C#N)CC#N)cc(-c2ccco2)c1Nc1ccnc(Nc2ccc(C#N)cc2)n1. The van der Waals surface area contributed by atoms with Crippen LogP contribution in [0.5, 0.6) is 0 Å². The van der Waals surface area contributed by atoms with E-state index in [1.54, 1.807) is 54.9 Å². The molecule has 2 N–H and O–H groups in total. The Morgan fingerprint density at radius 1 is 1.06 bits per heavy atom. The average Bonchev–Trinajstić information content (AvgIpc) is 3.41. The number of aryl methyl sites for hydroxylation is 1. The van der Waals surface area contributed by atoms with Gasteiger partial charge in [0.15, 0.2) is 0 Å². The molecule has 8 nitrogen and oxygen atoms in total. The first kappa shape index (κ1) is 22.8. The highest BCUT2D eigenvalue weighted by Crippen LogP contribution is 2.35. The van der Waals surface area contributed by atoms with Crippen molar-refractivity contribution in [3.63, 3.8) is 0 Å². The molecule has 4 aromatic rings. The van der Waals surface area contributed by atoms with Gasteiger partial charge in [0.2, 0.25) is 5.95 Å². The largest absolute Gasteiger partial charge is 0.464 e. The van der Waals surface area contributed by atoms with Crippen molar-refractivity contribution in [3.8, 4) is 29.5 Å². The highest BCUT2D eigenvalue weighted by molar-refractivity contribution is 5.83. The summed E-state index contributed by atoms with van der Waals surface area (Å²) in [4.78, 5) is 8.83. The maximum Gasteiger partial charge on any atom is 0.229 e. The molecule has 0 amide bonds. The summed E-state index contributed by atoms with van der Waals surface area (Å²) in [7, 11) is 0. The summed E-state index contributed by atoms with van der Waals surface area (Å²) in [5.74, 6) is 1.61. The molecule has 0 saturated heterocycles. The van der Waals surface area contributed by atoms with E-state index in [0.29, 0.717) is 28.7 Å². The van der Waals surface area contributed by atoms with Crippen molar-refractivity contribution >= 4 is 29.2 Å². The molecule has 0 atom stereocenters. The Morgan fingerprint density at radius 3 is 2.57 bits per heavy atom. The lowest BCUT2D eigenvalue weighted by Crippen LogP contribution is -2.02. The van der Waals surface area contributed by atoms with Gasteiger partial charge in [0.25, 0.3) is 0 Å². The quantitative estimate of drug-likeness (QED) is 0.312. The number of benzene rings is 2. The van der Waals surface area contributed by atoms with Crippen LogP contribution in [0.4, 0.5) is 23.1 Å². The van der Waals surface area contributed by atoms with Gasteiger partial charge in [-0.05, 0) is 78.7 Å². The monoisotopic (exact) mass is 457 g/mol. The Bertz CT molecular complexity index is 1500. The molecule has 0 aliphatic heterocycles. The van der Waals surface area contributed by atoms with E-state index in [1.165, 1.54) is 0 Å². The predicted octanol–water partition coefficient (Wildman–Crippen LogP) is 6.22. The Kier molecular flexibility index (Phi) is 6.83. The van der Waals surface area contributed by atoms with Crippen LogP contribution in [0.3, 0.4) is 0 Å². The summed E-state index contributed by atoms with van der Waals surface area (Å²) >= 11 is 0. The second-order valence-electron chi connectivity index (χ2n) is 7.56. The van der Waals surface area contributed by atoms with Gasteiger partial charge in [-0.1, -0.05) is 0 Å². The standard InChI is InChI=1S/C27H19N7O/c1-18-13-21(14-20(17-30)8-10-28)15-23(24-3-2-12-35-24)26(18)33-25-9-11-31-27(34-25)32-22-6-4-19(16-29)5-7-22/h2-7,9,11-15H,8H2,1H3,(H2,31,32,33,34)/b20-14-. The molecule has 0 fully saturated rings. The molecule has 35 heavy (non-hydrogen) atoms. The van der Waals surface area contributed by atoms with Gasteiger partial charge in [-0.15, -0.1) is 0 Å². The molecule has 0 unspecified atom stereocenters. The number of anilines is 4. The van der Waals surface area contributed by atoms with Crippen molar-refractivity contribution in [1.82, 2.24) is 9.97 Å². The molecule has 0 aliphatic rings. The van der Waals surface area contributed by atoms with Gasteiger partial charge < -0.3 is 15.1 Å². The number of hydrogen-bond acceptors (Lipinski definition) is 8. The Labute approximate surface area is 202 Å². The molecule has 168 valence electrons. The Hall–Kier alpha value is -5.39. The number of allylic oxidation sites excluding steroid dienone is 1.